The van der Waals surface area contributed by atoms with Crippen LogP contribution in [0.5, 0.6) is 0 Å². The molecule has 1 aromatic heterocycles. The smallest absolute Gasteiger partial charge is 0.241 e. The molecule has 112 valence electrons. The summed E-state index contributed by atoms with van der Waals surface area (Å²) in [7, 11) is -3.91. The molecule has 3 N–H and O–H groups in total. The van der Waals surface area contributed by atoms with Gasteiger partial charge in [0, 0.05) is 13.0 Å². The van der Waals surface area contributed by atoms with Crippen molar-refractivity contribution in [1.82, 2.24) is 4.72 Å². The molecule has 1 heterocycles. The van der Waals surface area contributed by atoms with Gasteiger partial charge in [0.25, 0.3) is 0 Å². The zero-order chi connectivity index (χ0) is 15.5. The van der Waals surface area contributed by atoms with Crippen molar-refractivity contribution >= 4 is 27.2 Å². The Kier molecular flexibility index (Phi) is 4.71. The molecule has 0 saturated heterocycles. The predicted octanol–water partition coefficient (Wildman–Crippen LogP) is 1.57. The van der Waals surface area contributed by atoms with Gasteiger partial charge >= 0.3 is 0 Å². The lowest BCUT2D eigenvalue weighted by Gasteiger charge is -2.11. The van der Waals surface area contributed by atoms with Gasteiger partial charge in [-0.25, -0.2) is 17.5 Å². The fourth-order valence-electron chi connectivity index (χ4n) is 1.81. The first-order valence-corrected chi connectivity index (χ1v) is 7.91. The maximum absolute atomic E-state index is 13.7. The summed E-state index contributed by atoms with van der Waals surface area (Å²) >= 11 is 4.71. The molecule has 0 radical (unpaired) electrons. The van der Waals surface area contributed by atoms with Crippen molar-refractivity contribution in [3.63, 3.8) is 0 Å². The number of thiocarbonyl (C=S) groups is 1. The predicted molar refractivity (Wildman–Crippen MR) is 79.9 cm³/mol. The van der Waals surface area contributed by atoms with Crippen molar-refractivity contribution in [2.75, 3.05) is 6.54 Å². The van der Waals surface area contributed by atoms with Gasteiger partial charge < -0.3 is 10.2 Å². The molecule has 0 spiro atoms. The van der Waals surface area contributed by atoms with Crippen LogP contribution >= 0.6 is 12.2 Å². The summed E-state index contributed by atoms with van der Waals surface area (Å²) in [5.41, 5.74) is 5.12. The zero-order valence-corrected chi connectivity index (χ0v) is 12.5. The van der Waals surface area contributed by atoms with E-state index in [2.05, 4.69) is 4.72 Å². The first-order valence-electron chi connectivity index (χ1n) is 6.02. The average Bonchev–Trinajstić information content (AvgIpc) is 2.91. The molecule has 8 heteroatoms. The molecule has 0 aliphatic heterocycles. The van der Waals surface area contributed by atoms with Crippen LogP contribution in [0.4, 0.5) is 4.39 Å². The van der Waals surface area contributed by atoms with E-state index in [1.807, 2.05) is 0 Å². The first-order chi connectivity index (χ1) is 9.92. The van der Waals surface area contributed by atoms with E-state index in [9.17, 15) is 12.8 Å². The maximum atomic E-state index is 13.7. The van der Waals surface area contributed by atoms with E-state index < -0.39 is 15.8 Å². The Morgan fingerprint density at radius 2 is 2.10 bits per heavy atom. The van der Waals surface area contributed by atoms with E-state index in [4.69, 9.17) is 22.4 Å². The molecule has 0 aliphatic rings. The molecule has 2 aromatic rings. The van der Waals surface area contributed by atoms with Crippen molar-refractivity contribution < 1.29 is 17.2 Å². The topological polar surface area (TPSA) is 85.3 Å². The van der Waals surface area contributed by atoms with Gasteiger partial charge in [-0.15, -0.1) is 0 Å². The zero-order valence-electron chi connectivity index (χ0n) is 10.9. The summed E-state index contributed by atoms with van der Waals surface area (Å²) in [6, 6.07) is 7.10. The average molecular weight is 328 g/mol. The Labute approximate surface area is 127 Å². The van der Waals surface area contributed by atoms with Crippen molar-refractivity contribution in [1.29, 1.82) is 0 Å². The fraction of sp³-hybridized carbons (Fsp3) is 0.154. The number of sulfonamides is 1. The van der Waals surface area contributed by atoms with Gasteiger partial charge in [0.1, 0.15) is 16.6 Å². The second kappa shape index (κ2) is 6.33. The van der Waals surface area contributed by atoms with Crippen LogP contribution in [0.15, 0.2) is 45.9 Å². The Morgan fingerprint density at radius 1 is 1.33 bits per heavy atom. The lowest BCUT2D eigenvalue weighted by molar-refractivity contribution is 0.505. The highest BCUT2D eigenvalue weighted by Crippen LogP contribution is 2.18. The summed E-state index contributed by atoms with van der Waals surface area (Å²) in [6.45, 7) is 0.114. The Bertz CT molecular complexity index is 743. The van der Waals surface area contributed by atoms with Gasteiger partial charge in [0.2, 0.25) is 10.0 Å². The SMILES string of the molecule is NC(=S)c1c(F)cccc1S(=O)(=O)NCCc1ccco1. The number of furan rings is 1. The van der Waals surface area contributed by atoms with Gasteiger partial charge in [-0.1, -0.05) is 18.3 Å². The molecule has 0 saturated carbocycles. The first kappa shape index (κ1) is 15.6. The summed E-state index contributed by atoms with van der Waals surface area (Å²) in [5.74, 6) is -0.122. The minimum atomic E-state index is -3.91. The minimum absolute atomic E-state index is 0.114. The lowest BCUT2D eigenvalue weighted by atomic mass is 10.2. The van der Waals surface area contributed by atoms with Gasteiger partial charge in [-0.05, 0) is 24.3 Å². The monoisotopic (exact) mass is 328 g/mol. The molecule has 2 rings (SSSR count). The van der Waals surface area contributed by atoms with E-state index in [0.29, 0.717) is 12.2 Å². The largest absolute Gasteiger partial charge is 0.469 e. The van der Waals surface area contributed by atoms with Crippen LogP contribution in [0.2, 0.25) is 0 Å². The van der Waals surface area contributed by atoms with Gasteiger partial charge in [-0.3, -0.25) is 0 Å². The molecule has 0 amide bonds. The van der Waals surface area contributed by atoms with Crippen LogP contribution in [0.1, 0.15) is 11.3 Å². The molecular weight excluding hydrogens is 315 g/mol. The van der Waals surface area contributed by atoms with Crippen molar-refractivity contribution in [2.45, 2.75) is 11.3 Å². The van der Waals surface area contributed by atoms with E-state index in [1.54, 1.807) is 12.1 Å². The molecule has 0 aliphatic carbocycles. The molecular formula is C13H13FN2O3S2. The standard InChI is InChI=1S/C13H13FN2O3S2/c14-10-4-1-5-11(12(10)13(15)20)21(17,18)16-7-6-9-3-2-8-19-9/h1-5,8,16H,6-7H2,(H2,15,20). The highest BCUT2D eigenvalue weighted by molar-refractivity contribution is 7.89. The molecule has 0 fully saturated rings. The number of nitrogens with one attached hydrogen (secondary N) is 1. The van der Waals surface area contributed by atoms with Crippen LogP contribution in [-0.2, 0) is 16.4 Å². The summed E-state index contributed by atoms with van der Waals surface area (Å²) in [5, 5.41) is 0. The minimum Gasteiger partial charge on any atom is -0.469 e. The number of benzene rings is 1. The third-order valence-electron chi connectivity index (χ3n) is 2.75. The lowest BCUT2D eigenvalue weighted by Crippen LogP contribution is -2.29. The van der Waals surface area contributed by atoms with Crippen LogP contribution in [-0.4, -0.2) is 20.0 Å². The third kappa shape index (κ3) is 3.66. The normalized spacial score (nSPS) is 11.5. The van der Waals surface area contributed by atoms with Gasteiger partial charge in [-0.2, -0.15) is 0 Å². The highest BCUT2D eigenvalue weighted by atomic mass is 32.2. The Balaban J connectivity index is 2.20. The number of nitrogens with two attached hydrogens (primary N) is 1. The molecule has 1 aromatic carbocycles. The Morgan fingerprint density at radius 3 is 2.71 bits per heavy atom. The van der Waals surface area contributed by atoms with E-state index in [-0.39, 0.29) is 22.0 Å². The van der Waals surface area contributed by atoms with Crippen LogP contribution in [0.25, 0.3) is 0 Å². The number of rotatable bonds is 6. The van der Waals surface area contributed by atoms with Crippen molar-refractivity contribution in [3.8, 4) is 0 Å². The second-order valence-corrected chi connectivity index (χ2v) is 6.38. The number of hydrogen-bond donors (Lipinski definition) is 2. The summed E-state index contributed by atoms with van der Waals surface area (Å²) in [4.78, 5) is -0.575. The number of halogens is 1. The molecule has 0 atom stereocenters. The quantitative estimate of drug-likeness (QED) is 0.786. The third-order valence-corrected chi connectivity index (χ3v) is 4.46. The molecule has 0 bridgehead atoms. The van der Waals surface area contributed by atoms with E-state index >= 15 is 0 Å². The maximum Gasteiger partial charge on any atom is 0.241 e. The molecule has 21 heavy (non-hydrogen) atoms. The van der Waals surface area contributed by atoms with Crippen LogP contribution < -0.4 is 10.5 Å². The molecule has 5 nitrogen and oxygen atoms in total. The van der Waals surface area contributed by atoms with E-state index in [1.165, 1.54) is 18.4 Å². The molecule has 0 unspecified atom stereocenters. The summed E-state index contributed by atoms with van der Waals surface area (Å²) < 4.78 is 45.6. The highest BCUT2D eigenvalue weighted by Gasteiger charge is 2.22. The van der Waals surface area contributed by atoms with Gasteiger partial charge in [0.15, 0.2) is 0 Å². The number of hydrogen-bond acceptors (Lipinski definition) is 4. The van der Waals surface area contributed by atoms with Crippen LogP contribution in [0, 0.1) is 5.82 Å². The van der Waals surface area contributed by atoms with Crippen molar-refractivity contribution in [3.05, 3.63) is 53.7 Å². The Hall–Kier alpha value is -1.77. The van der Waals surface area contributed by atoms with E-state index in [0.717, 1.165) is 6.07 Å². The second-order valence-electron chi connectivity index (χ2n) is 4.20. The van der Waals surface area contributed by atoms with Gasteiger partial charge in [0.05, 0.1) is 16.7 Å². The van der Waals surface area contributed by atoms with Crippen molar-refractivity contribution in [2.24, 2.45) is 5.73 Å². The fourth-order valence-corrected chi connectivity index (χ4v) is 3.34. The summed E-state index contributed by atoms with van der Waals surface area (Å²) in [6.07, 6.45) is 1.88. The van der Waals surface area contributed by atoms with Crippen LogP contribution in [0.3, 0.4) is 0 Å².